The molecule has 0 amide bonds. The van der Waals surface area contributed by atoms with Crippen molar-refractivity contribution in [1.82, 2.24) is 0 Å². The van der Waals surface area contributed by atoms with Crippen LogP contribution >= 0.6 is 11.3 Å². The van der Waals surface area contributed by atoms with Gasteiger partial charge in [0.25, 0.3) is 0 Å². The van der Waals surface area contributed by atoms with E-state index in [1.807, 2.05) is 6.07 Å². The minimum absolute atomic E-state index is 0.221. The van der Waals surface area contributed by atoms with Crippen molar-refractivity contribution in [3.63, 3.8) is 0 Å². The highest BCUT2D eigenvalue weighted by Crippen LogP contribution is 2.38. The molecular formula is C30H32F6O5S. The van der Waals surface area contributed by atoms with Crippen molar-refractivity contribution < 1.29 is 50.1 Å². The maximum absolute atomic E-state index is 14.0. The van der Waals surface area contributed by atoms with Gasteiger partial charge in [-0.2, -0.15) is 17.6 Å². The molecule has 0 radical (unpaired) electrons. The molecule has 0 spiro atoms. The Morgan fingerprint density at radius 2 is 1.62 bits per heavy atom. The Kier molecular flexibility index (Phi) is 11.4. The number of ether oxygens (including phenoxy) is 4. The summed E-state index contributed by atoms with van der Waals surface area (Å²) >= 11 is 1.49. The van der Waals surface area contributed by atoms with Crippen molar-refractivity contribution in [2.75, 3.05) is 13.2 Å². The lowest BCUT2D eigenvalue weighted by Gasteiger charge is -2.26. The van der Waals surface area contributed by atoms with E-state index >= 15 is 0 Å². The maximum Gasteiger partial charge on any atom is 0.494 e. The summed E-state index contributed by atoms with van der Waals surface area (Å²) in [5, 5.41) is 0.916. The van der Waals surface area contributed by atoms with Gasteiger partial charge >= 0.3 is 24.5 Å². The summed E-state index contributed by atoms with van der Waals surface area (Å²) in [6, 6.07) is 13.4. The molecule has 0 aliphatic heterocycles. The Morgan fingerprint density at radius 1 is 0.929 bits per heavy atom. The van der Waals surface area contributed by atoms with E-state index in [0.29, 0.717) is 6.08 Å². The first-order valence-corrected chi connectivity index (χ1v) is 14.1. The molecule has 0 saturated carbocycles. The number of carbonyl (C=O) groups is 1. The van der Waals surface area contributed by atoms with Crippen LogP contribution in [0.3, 0.4) is 0 Å². The fourth-order valence-corrected chi connectivity index (χ4v) is 5.24. The van der Waals surface area contributed by atoms with Gasteiger partial charge in [0.15, 0.2) is 0 Å². The van der Waals surface area contributed by atoms with Gasteiger partial charge < -0.3 is 9.47 Å². The van der Waals surface area contributed by atoms with Crippen LogP contribution in [0.25, 0.3) is 20.5 Å². The van der Waals surface area contributed by atoms with Gasteiger partial charge in [-0.1, -0.05) is 44.5 Å². The Hall–Kier alpha value is -3.09. The Labute approximate surface area is 244 Å². The topological polar surface area (TPSA) is 54.0 Å². The van der Waals surface area contributed by atoms with Crippen LogP contribution in [0.1, 0.15) is 50.2 Å². The highest BCUT2D eigenvalue weighted by molar-refractivity contribution is 7.22. The van der Waals surface area contributed by atoms with Crippen molar-refractivity contribution in [2.24, 2.45) is 0 Å². The SMILES string of the molecule is C=CC(=O)OCCC(F)(F)OC(F)(F)OC(F)(F)CCOc1ccc2cc(-c3ccc(CCCCC)cc3C)sc2c1. The van der Waals surface area contributed by atoms with Gasteiger partial charge in [0.1, 0.15) is 5.75 Å². The molecule has 2 aromatic carbocycles. The number of hydrogen-bond donors (Lipinski definition) is 0. The summed E-state index contributed by atoms with van der Waals surface area (Å²) in [5.74, 6) is -0.852. The fraction of sp³-hybridized carbons (Fsp3) is 0.433. The molecule has 5 nitrogen and oxygen atoms in total. The highest BCUT2D eigenvalue weighted by atomic mass is 32.1. The predicted octanol–water partition coefficient (Wildman–Crippen LogP) is 9.27. The first kappa shape index (κ1) is 33.4. The number of aryl methyl sites for hydroxylation is 2. The fourth-order valence-electron chi connectivity index (χ4n) is 4.06. The van der Waals surface area contributed by atoms with Crippen LogP contribution in [-0.4, -0.2) is 37.7 Å². The lowest BCUT2D eigenvalue weighted by molar-refractivity contribution is -0.514. The number of thiophene rings is 1. The average molecular weight is 619 g/mol. The third-order valence-corrected chi connectivity index (χ3v) is 7.25. The van der Waals surface area contributed by atoms with E-state index in [1.54, 1.807) is 18.2 Å². The standard InChI is InChI=1S/C30H32F6O5S/c1-4-6-7-8-21-9-12-24(20(3)17-21)26-18-22-10-11-23(19-25(22)42-26)38-15-13-28(31,32)40-30(35,36)41-29(33,34)14-16-39-27(37)5-2/h5,9-12,17-19H,2,4,6-8,13-16H2,1,3H3. The maximum atomic E-state index is 14.0. The zero-order valence-corrected chi connectivity index (χ0v) is 24.0. The normalized spacial score (nSPS) is 12.5. The monoisotopic (exact) mass is 618 g/mol. The van der Waals surface area contributed by atoms with Crippen molar-refractivity contribution in [3.8, 4) is 16.2 Å². The minimum Gasteiger partial charge on any atom is -0.493 e. The number of carbonyl (C=O) groups excluding carboxylic acids is 1. The third-order valence-electron chi connectivity index (χ3n) is 6.12. The molecule has 1 heterocycles. The lowest BCUT2D eigenvalue weighted by Crippen LogP contribution is -2.41. The van der Waals surface area contributed by atoms with E-state index in [0.717, 1.165) is 45.4 Å². The number of halogens is 6. The molecule has 42 heavy (non-hydrogen) atoms. The number of esters is 1. The van der Waals surface area contributed by atoms with Crippen LogP contribution in [-0.2, 0) is 25.4 Å². The van der Waals surface area contributed by atoms with Crippen molar-refractivity contribution in [3.05, 3.63) is 66.2 Å². The molecule has 0 aliphatic rings. The molecular weight excluding hydrogens is 586 g/mol. The van der Waals surface area contributed by atoms with Gasteiger partial charge in [0.05, 0.1) is 26.1 Å². The predicted molar refractivity (Wildman–Crippen MR) is 148 cm³/mol. The molecule has 12 heteroatoms. The number of unbranched alkanes of at least 4 members (excludes halogenated alkanes) is 2. The smallest absolute Gasteiger partial charge is 0.493 e. The van der Waals surface area contributed by atoms with E-state index in [9.17, 15) is 31.1 Å². The molecule has 0 saturated heterocycles. The van der Waals surface area contributed by atoms with Crippen LogP contribution in [0.4, 0.5) is 26.3 Å². The first-order valence-electron chi connectivity index (χ1n) is 13.3. The molecule has 0 bridgehead atoms. The Bertz CT molecular complexity index is 1360. The van der Waals surface area contributed by atoms with Crippen molar-refractivity contribution >= 4 is 27.4 Å². The molecule has 230 valence electrons. The third kappa shape index (κ3) is 10.3. The van der Waals surface area contributed by atoms with Gasteiger partial charge in [-0.25, -0.2) is 14.3 Å². The molecule has 3 rings (SSSR count). The van der Waals surface area contributed by atoms with Gasteiger partial charge in [-0.3, -0.25) is 0 Å². The summed E-state index contributed by atoms with van der Waals surface area (Å²) in [6.45, 7) is 5.48. The van der Waals surface area contributed by atoms with E-state index in [-0.39, 0.29) is 5.75 Å². The quantitative estimate of drug-likeness (QED) is 0.0496. The van der Waals surface area contributed by atoms with Gasteiger partial charge in [0.2, 0.25) is 0 Å². The minimum atomic E-state index is -5.34. The van der Waals surface area contributed by atoms with Gasteiger partial charge in [-0.15, -0.1) is 20.1 Å². The molecule has 0 N–H and O–H groups in total. The zero-order chi connectivity index (χ0) is 31.0. The van der Waals surface area contributed by atoms with E-state index in [1.165, 1.54) is 23.3 Å². The van der Waals surface area contributed by atoms with Crippen molar-refractivity contribution in [2.45, 2.75) is 70.9 Å². The second-order valence-electron chi connectivity index (χ2n) is 9.58. The number of alkyl halides is 6. The van der Waals surface area contributed by atoms with E-state index in [4.69, 9.17) is 4.74 Å². The van der Waals surface area contributed by atoms with Crippen LogP contribution in [0, 0.1) is 6.92 Å². The molecule has 3 aromatic rings. The van der Waals surface area contributed by atoms with E-state index in [2.05, 4.69) is 52.8 Å². The lowest BCUT2D eigenvalue weighted by atomic mass is 10.00. The van der Waals surface area contributed by atoms with Gasteiger partial charge in [-0.05, 0) is 66.1 Å². The van der Waals surface area contributed by atoms with Gasteiger partial charge in [0, 0.05) is 15.7 Å². The van der Waals surface area contributed by atoms with Crippen LogP contribution in [0.2, 0.25) is 0 Å². The number of benzene rings is 2. The number of fused-ring (bicyclic) bond motifs is 1. The molecule has 0 fully saturated rings. The number of rotatable bonds is 17. The van der Waals surface area contributed by atoms with Crippen LogP contribution in [0.5, 0.6) is 5.75 Å². The largest absolute Gasteiger partial charge is 0.494 e. The first-order chi connectivity index (χ1) is 19.7. The second-order valence-corrected chi connectivity index (χ2v) is 10.7. The molecule has 0 aliphatic carbocycles. The van der Waals surface area contributed by atoms with Crippen molar-refractivity contribution in [1.29, 1.82) is 0 Å². The summed E-state index contributed by atoms with van der Waals surface area (Å²) in [7, 11) is 0. The highest BCUT2D eigenvalue weighted by Gasteiger charge is 2.52. The Balaban J connectivity index is 1.55. The summed E-state index contributed by atoms with van der Waals surface area (Å²) in [5.41, 5.74) is 3.51. The average Bonchev–Trinajstić information content (AvgIpc) is 3.30. The zero-order valence-electron chi connectivity index (χ0n) is 23.2. The summed E-state index contributed by atoms with van der Waals surface area (Å²) in [6.07, 6.45) is -12.2. The molecule has 1 aromatic heterocycles. The molecule has 0 unspecified atom stereocenters. The summed E-state index contributed by atoms with van der Waals surface area (Å²) in [4.78, 5) is 11.9. The van der Waals surface area contributed by atoms with E-state index < -0.39 is 50.5 Å². The molecule has 0 atom stereocenters. The van der Waals surface area contributed by atoms with Crippen LogP contribution in [0.15, 0.2) is 55.1 Å². The van der Waals surface area contributed by atoms with Crippen LogP contribution < -0.4 is 4.74 Å². The Morgan fingerprint density at radius 3 is 2.26 bits per heavy atom. The number of hydrogen-bond acceptors (Lipinski definition) is 6. The second kappa shape index (κ2) is 14.4. The summed E-state index contributed by atoms with van der Waals surface area (Å²) < 4.78 is 99.3.